The Morgan fingerprint density at radius 2 is 1.72 bits per heavy atom. The number of halogens is 1. The van der Waals surface area contributed by atoms with Crippen LogP contribution in [0.15, 0.2) is 54.9 Å². The van der Waals surface area contributed by atoms with Crippen LogP contribution < -0.4 is 5.49 Å². The summed E-state index contributed by atoms with van der Waals surface area (Å²) in [6.07, 6.45) is 1.63. The quantitative estimate of drug-likeness (QED) is 0.713. The Balaban J connectivity index is 2.35. The van der Waals surface area contributed by atoms with Gasteiger partial charge in [0.2, 0.25) is 0 Å². The van der Waals surface area contributed by atoms with Gasteiger partial charge in [-0.15, -0.1) is 0 Å². The van der Waals surface area contributed by atoms with Crippen molar-refractivity contribution in [3.05, 3.63) is 65.4 Å². The minimum absolute atomic E-state index is 0.383. The molecule has 3 aromatic rings. The predicted molar refractivity (Wildman–Crippen MR) is 71.9 cm³/mol. The average Bonchev–Trinajstić information content (AvgIpc) is 2.41. The van der Waals surface area contributed by atoms with Crippen LogP contribution in [0.25, 0.3) is 16.6 Å². The third-order valence-corrected chi connectivity index (χ3v) is 3.14. The van der Waals surface area contributed by atoms with Gasteiger partial charge in [0.25, 0.3) is 0 Å². The smallest absolute Gasteiger partial charge is 0.140 e. The summed E-state index contributed by atoms with van der Waals surface area (Å²) in [5.74, 6) is 0. The monoisotopic (exact) mass is 255 g/mol. The fraction of sp³-hybridized carbons (Fsp3) is 0. The maximum atomic E-state index is 8.24. The van der Waals surface area contributed by atoms with E-state index in [-0.39, 0.29) is 0 Å². The van der Waals surface area contributed by atoms with Crippen molar-refractivity contribution in [1.82, 2.24) is 9.55 Å². The van der Waals surface area contributed by atoms with Gasteiger partial charge in [0, 0.05) is 5.39 Å². The number of benzene rings is 2. The molecular formula is C14H10ClN3. The van der Waals surface area contributed by atoms with E-state index in [1.807, 2.05) is 42.5 Å². The second-order valence-electron chi connectivity index (χ2n) is 3.93. The van der Waals surface area contributed by atoms with Crippen molar-refractivity contribution in [2.45, 2.75) is 0 Å². The summed E-state index contributed by atoms with van der Waals surface area (Å²) in [4.78, 5) is 4.34. The van der Waals surface area contributed by atoms with E-state index in [9.17, 15) is 0 Å². The number of hydrogen-bond donors (Lipinski definition) is 1. The molecular weight excluding hydrogens is 246 g/mol. The van der Waals surface area contributed by atoms with Gasteiger partial charge in [-0.3, -0.25) is 9.98 Å². The molecule has 4 heteroatoms. The third kappa shape index (κ3) is 1.69. The van der Waals surface area contributed by atoms with Crippen LogP contribution in [0.4, 0.5) is 0 Å². The Bertz CT molecular complexity index is 777. The van der Waals surface area contributed by atoms with Crippen LogP contribution in [0.1, 0.15) is 0 Å². The molecule has 0 unspecified atom stereocenters. The van der Waals surface area contributed by atoms with E-state index >= 15 is 0 Å². The lowest BCUT2D eigenvalue weighted by molar-refractivity contribution is 0.911. The highest BCUT2D eigenvalue weighted by Crippen LogP contribution is 2.18. The van der Waals surface area contributed by atoms with E-state index in [2.05, 4.69) is 4.98 Å². The van der Waals surface area contributed by atoms with Crippen molar-refractivity contribution in [3.63, 3.8) is 0 Å². The summed E-state index contributed by atoms with van der Waals surface area (Å²) in [7, 11) is 0. The van der Waals surface area contributed by atoms with E-state index in [4.69, 9.17) is 17.0 Å². The summed E-state index contributed by atoms with van der Waals surface area (Å²) in [6.45, 7) is 0. The molecule has 2 aromatic carbocycles. The normalized spacial score (nSPS) is 10.7. The summed E-state index contributed by atoms with van der Waals surface area (Å²) in [5, 5.41) is 9.65. The van der Waals surface area contributed by atoms with Crippen molar-refractivity contribution < 1.29 is 0 Å². The fourth-order valence-corrected chi connectivity index (χ4v) is 2.15. The highest BCUT2D eigenvalue weighted by atomic mass is 35.5. The Morgan fingerprint density at radius 3 is 2.56 bits per heavy atom. The first kappa shape index (κ1) is 11.0. The molecule has 88 valence electrons. The maximum absolute atomic E-state index is 8.24. The second-order valence-corrected chi connectivity index (χ2v) is 4.34. The molecule has 18 heavy (non-hydrogen) atoms. The van der Waals surface area contributed by atoms with Crippen molar-refractivity contribution in [3.8, 4) is 5.69 Å². The van der Waals surface area contributed by atoms with Gasteiger partial charge in [-0.2, -0.15) is 0 Å². The zero-order valence-corrected chi connectivity index (χ0v) is 10.2. The molecule has 1 N–H and O–H groups in total. The molecule has 1 aromatic heterocycles. The number of aromatic nitrogens is 2. The Kier molecular flexibility index (Phi) is 2.61. The van der Waals surface area contributed by atoms with Gasteiger partial charge in [0.15, 0.2) is 0 Å². The molecule has 0 amide bonds. The highest BCUT2D eigenvalue weighted by Gasteiger charge is 2.05. The SMILES string of the molecule is N=c1c2ccccc2ncn1-c1ccccc1Cl. The molecule has 3 rings (SSSR count). The molecule has 0 saturated carbocycles. The number of para-hydroxylation sites is 2. The lowest BCUT2D eigenvalue weighted by Gasteiger charge is -2.09. The minimum atomic E-state index is 0.383. The zero-order chi connectivity index (χ0) is 12.5. The van der Waals surface area contributed by atoms with Gasteiger partial charge < -0.3 is 0 Å². The molecule has 0 aliphatic carbocycles. The van der Waals surface area contributed by atoms with Gasteiger partial charge in [0.05, 0.1) is 16.2 Å². The number of nitrogens with zero attached hydrogens (tertiary/aromatic N) is 2. The first-order valence-electron chi connectivity index (χ1n) is 5.53. The van der Waals surface area contributed by atoms with Crippen molar-refractivity contribution in [2.75, 3.05) is 0 Å². The summed E-state index contributed by atoms with van der Waals surface area (Å²) < 4.78 is 1.69. The van der Waals surface area contributed by atoms with E-state index in [0.717, 1.165) is 16.6 Å². The summed E-state index contributed by atoms with van der Waals surface area (Å²) >= 11 is 6.15. The molecule has 3 nitrogen and oxygen atoms in total. The topological polar surface area (TPSA) is 41.7 Å². The second kappa shape index (κ2) is 4.27. The summed E-state index contributed by atoms with van der Waals surface area (Å²) in [6, 6.07) is 15.0. The van der Waals surface area contributed by atoms with Crippen LogP contribution in [-0.4, -0.2) is 9.55 Å². The number of nitrogens with one attached hydrogen (secondary N) is 1. The van der Waals surface area contributed by atoms with Crippen LogP contribution >= 0.6 is 11.6 Å². The maximum Gasteiger partial charge on any atom is 0.140 e. The molecule has 0 spiro atoms. The lowest BCUT2D eigenvalue weighted by atomic mass is 10.2. The number of rotatable bonds is 1. The molecule has 1 heterocycles. The van der Waals surface area contributed by atoms with Crippen molar-refractivity contribution in [1.29, 1.82) is 5.41 Å². The van der Waals surface area contributed by atoms with Crippen molar-refractivity contribution in [2.24, 2.45) is 0 Å². The Hall–Kier alpha value is -2.13. The van der Waals surface area contributed by atoms with E-state index in [1.54, 1.807) is 17.0 Å². The van der Waals surface area contributed by atoms with Crippen LogP contribution in [0, 0.1) is 5.41 Å². The minimum Gasteiger partial charge on any atom is -0.284 e. The number of hydrogen-bond acceptors (Lipinski definition) is 2. The van der Waals surface area contributed by atoms with Gasteiger partial charge in [-0.1, -0.05) is 35.9 Å². The average molecular weight is 256 g/mol. The molecule has 0 saturated heterocycles. The largest absolute Gasteiger partial charge is 0.284 e. The first-order valence-corrected chi connectivity index (χ1v) is 5.91. The zero-order valence-electron chi connectivity index (χ0n) is 9.47. The van der Waals surface area contributed by atoms with E-state index in [1.165, 1.54) is 0 Å². The van der Waals surface area contributed by atoms with Gasteiger partial charge >= 0.3 is 0 Å². The van der Waals surface area contributed by atoms with Gasteiger partial charge in [-0.25, -0.2) is 4.98 Å². The fourth-order valence-electron chi connectivity index (χ4n) is 1.92. The third-order valence-electron chi connectivity index (χ3n) is 2.82. The van der Waals surface area contributed by atoms with E-state index < -0.39 is 0 Å². The van der Waals surface area contributed by atoms with Crippen molar-refractivity contribution >= 4 is 22.5 Å². The first-order chi connectivity index (χ1) is 8.77. The van der Waals surface area contributed by atoms with Gasteiger partial charge in [-0.05, 0) is 24.3 Å². The van der Waals surface area contributed by atoms with Crippen LogP contribution in [0.2, 0.25) is 5.02 Å². The molecule has 0 bridgehead atoms. The molecule has 0 fully saturated rings. The highest BCUT2D eigenvalue weighted by molar-refractivity contribution is 6.32. The van der Waals surface area contributed by atoms with Gasteiger partial charge in [0.1, 0.15) is 11.8 Å². The lowest BCUT2D eigenvalue weighted by Crippen LogP contribution is -2.19. The van der Waals surface area contributed by atoms with Crippen LogP contribution in [0.5, 0.6) is 0 Å². The standard InChI is InChI=1S/C14H10ClN3/c15-11-6-2-4-8-13(11)18-9-17-12-7-3-1-5-10(12)14(18)16/h1-9,16H. The van der Waals surface area contributed by atoms with Crippen LogP contribution in [0.3, 0.4) is 0 Å². The Morgan fingerprint density at radius 1 is 1.00 bits per heavy atom. The van der Waals surface area contributed by atoms with Crippen LogP contribution in [-0.2, 0) is 0 Å². The summed E-state index contributed by atoms with van der Waals surface area (Å²) in [5.41, 5.74) is 1.96. The predicted octanol–water partition coefficient (Wildman–Crippen LogP) is 3.16. The molecule has 0 aliphatic heterocycles. The number of fused-ring (bicyclic) bond motifs is 1. The molecule has 0 aliphatic rings. The Labute approximate surface area is 109 Å². The molecule has 0 atom stereocenters. The van der Waals surface area contributed by atoms with E-state index in [0.29, 0.717) is 10.5 Å². The molecule has 0 radical (unpaired) electrons.